The Hall–Kier alpha value is -2.70. The number of hydrogen-bond acceptors (Lipinski definition) is 5. The first-order valence-corrected chi connectivity index (χ1v) is 5.72. The number of carbonyl (C=O) groups is 1. The van der Waals surface area contributed by atoms with Crippen LogP contribution < -0.4 is 10.1 Å². The number of halogens is 1. The molecule has 2 N–H and O–H groups in total. The van der Waals surface area contributed by atoms with Gasteiger partial charge in [-0.3, -0.25) is 0 Å². The Morgan fingerprint density at radius 3 is 2.95 bits per heavy atom. The SMILES string of the molecule is COc1cc(CNc2ncc(F)cc2C(=O)O)ccn1. The van der Waals surface area contributed by atoms with Gasteiger partial charge in [0, 0.05) is 18.8 Å². The van der Waals surface area contributed by atoms with Gasteiger partial charge in [-0.05, 0) is 17.7 Å². The second-order valence-corrected chi connectivity index (χ2v) is 3.91. The van der Waals surface area contributed by atoms with Crippen LogP contribution in [0.5, 0.6) is 5.88 Å². The standard InChI is InChI=1S/C13H12FN3O3/c1-20-11-4-8(2-3-15-11)6-16-12-10(13(18)19)5-9(14)7-17-12/h2-5,7H,6H2,1H3,(H,16,17)(H,18,19). The van der Waals surface area contributed by atoms with Gasteiger partial charge in [-0.25, -0.2) is 19.2 Å². The predicted octanol–water partition coefficient (Wildman–Crippen LogP) is 1.93. The summed E-state index contributed by atoms with van der Waals surface area (Å²) in [5.41, 5.74) is 0.616. The Morgan fingerprint density at radius 1 is 1.45 bits per heavy atom. The number of rotatable bonds is 5. The molecule has 0 aliphatic carbocycles. The quantitative estimate of drug-likeness (QED) is 0.868. The number of aromatic nitrogens is 2. The molecule has 0 aliphatic heterocycles. The van der Waals surface area contributed by atoms with Crippen LogP contribution in [0.4, 0.5) is 10.2 Å². The van der Waals surface area contributed by atoms with Gasteiger partial charge >= 0.3 is 5.97 Å². The van der Waals surface area contributed by atoms with Crippen molar-refractivity contribution in [2.45, 2.75) is 6.54 Å². The summed E-state index contributed by atoms with van der Waals surface area (Å²) in [5, 5.41) is 11.8. The van der Waals surface area contributed by atoms with Crippen LogP contribution in [-0.2, 0) is 6.54 Å². The molecule has 6 nitrogen and oxygen atoms in total. The third kappa shape index (κ3) is 3.19. The molecular formula is C13H12FN3O3. The summed E-state index contributed by atoms with van der Waals surface area (Å²) < 4.78 is 18.0. The maximum atomic E-state index is 13.0. The minimum absolute atomic E-state index is 0.106. The third-order valence-electron chi connectivity index (χ3n) is 2.55. The minimum atomic E-state index is -1.24. The number of nitrogens with zero attached hydrogens (tertiary/aromatic N) is 2. The number of carboxylic acid groups (broad SMARTS) is 1. The molecule has 0 radical (unpaired) electrons. The maximum absolute atomic E-state index is 13.0. The fraction of sp³-hybridized carbons (Fsp3) is 0.154. The van der Waals surface area contributed by atoms with Gasteiger partial charge in [-0.15, -0.1) is 0 Å². The van der Waals surface area contributed by atoms with Crippen LogP contribution in [0.1, 0.15) is 15.9 Å². The van der Waals surface area contributed by atoms with Crippen molar-refractivity contribution in [1.29, 1.82) is 0 Å². The first-order valence-electron chi connectivity index (χ1n) is 5.72. The van der Waals surface area contributed by atoms with Crippen LogP contribution in [0.25, 0.3) is 0 Å². The van der Waals surface area contributed by atoms with Crippen molar-refractivity contribution in [2.75, 3.05) is 12.4 Å². The predicted molar refractivity (Wildman–Crippen MR) is 69.3 cm³/mol. The molecule has 2 heterocycles. The normalized spacial score (nSPS) is 10.1. The summed E-state index contributed by atoms with van der Waals surface area (Å²) >= 11 is 0. The van der Waals surface area contributed by atoms with E-state index in [0.29, 0.717) is 12.4 Å². The summed E-state index contributed by atoms with van der Waals surface area (Å²) in [6.45, 7) is 0.317. The van der Waals surface area contributed by atoms with Crippen molar-refractivity contribution in [3.05, 3.63) is 47.5 Å². The Balaban J connectivity index is 2.16. The van der Waals surface area contributed by atoms with Crippen LogP contribution in [0.3, 0.4) is 0 Å². The Kier molecular flexibility index (Phi) is 4.09. The molecule has 2 rings (SSSR count). The highest BCUT2D eigenvalue weighted by Gasteiger charge is 2.12. The minimum Gasteiger partial charge on any atom is -0.481 e. The molecule has 2 aromatic rings. The molecule has 104 valence electrons. The monoisotopic (exact) mass is 277 g/mol. The van der Waals surface area contributed by atoms with Gasteiger partial charge in [0.2, 0.25) is 5.88 Å². The number of methoxy groups -OCH3 is 1. The van der Waals surface area contributed by atoms with Gasteiger partial charge in [0.1, 0.15) is 17.2 Å². The van der Waals surface area contributed by atoms with E-state index in [4.69, 9.17) is 9.84 Å². The lowest BCUT2D eigenvalue weighted by Gasteiger charge is -2.09. The maximum Gasteiger partial charge on any atom is 0.339 e. The average molecular weight is 277 g/mol. The van der Waals surface area contributed by atoms with Crippen LogP contribution in [0.15, 0.2) is 30.6 Å². The zero-order valence-electron chi connectivity index (χ0n) is 10.6. The number of aromatic carboxylic acids is 1. The number of ether oxygens (including phenoxy) is 1. The van der Waals surface area contributed by atoms with E-state index in [2.05, 4.69) is 15.3 Å². The van der Waals surface area contributed by atoms with Gasteiger partial charge in [0.05, 0.1) is 13.3 Å². The lowest BCUT2D eigenvalue weighted by Crippen LogP contribution is -2.09. The number of hydrogen-bond donors (Lipinski definition) is 2. The van der Waals surface area contributed by atoms with Crippen molar-refractivity contribution < 1.29 is 19.0 Å². The van der Waals surface area contributed by atoms with E-state index < -0.39 is 11.8 Å². The van der Waals surface area contributed by atoms with E-state index in [1.54, 1.807) is 18.3 Å². The van der Waals surface area contributed by atoms with Crippen LogP contribution in [0.2, 0.25) is 0 Å². The van der Waals surface area contributed by atoms with Gasteiger partial charge in [-0.1, -0.05) is 0 Å². The van der Waals surface area contributed by atoms with Gasteiger partial charge in [-0.2, -0.15) is 0 Å². The van der Waals surface area contributed by atoms with Crippen molar-refractivity contribution in [3.8, 4) is 5.88 Å². The van der Waals surface area contributed by atoms with E-state index in [9.17, 15) is 9.18 Å². The molecule has 0 aromatic carbocycles. The van der Waals surface area contributed by atoms with E-state index >= 15 is 0 Å². The Morgan fingerprint density at radius 2 is 2.25 bits per heavy atom. The van der Waals surface area contributed by atoms with Gasteiger partial charge in [0.25, 0.3) is 0 Å². The molecule has 2 aromatic heterocycles. The fourth-order valence-corrected chi connectivity index (χ4v) is 1.60. The topological polar surface area (TPSA) is 84.3 Å². The highest BCUT2D eigenvalue weighted by molar-refractivity contribution is 5.93. The molecule has 0 bridgehead atoms. The smallest absolute Gasteiger partial charge is 0.339 e. The summed E-state index contributed by atoms with van der Waals surface area (Å²) in [6.07, 6.45) is 2.54. The lowest BCUT2D eigenvalue weighted by molar-refractivity contribution is 0.0697. The van der Waals surface area contributed by atoms with E-state index in [0.717, 1.165) is 17.8 Å². The van der Waals surface area contributed by atoms with Crippen LogP contribution in [0, 0.1) is 5.82 Å². The summed E-state index contributed by atoms with van der Waals surface area (Å²) in [5.74, 6) is -1.38. The number of pyridine rings is 2. The fourth-order valence-electron chi connectivity index (χ4n) is 1.60. The second kappa shape index (κ2) is 5.96. The molecule has 0 saturated heterocycles. The number of anilines is 1. The van der Waals surface area contributed by atoms with E-state index in [-0.39, 0.29) is 11.4 Å². The largest absolute Gasteiger partial charge is 0.481 e. The van der Waals surface area contributed by atoms with Gasteiger partial charge in [0.15, 0.2) is 0 Å². The lowest BCUT2D eigenvalue weighted by atomic mass is 10.2. The molecule has 0 aliphatic rings. The number of carboxylic acids is 1. The molecule has 0 saturated carbocycles. The summed E-state index contributed by atoms with van der Waals surface area (Å²) in [4.78, 5) is 18.7. The van der Waals surface area contributed by atoms with E-state index in [1.807, 2.05) is 0 Å². The van der Waals surface area contributed by atoms with Crippen LogP contribution in [-0.4, -0.2) is 28.2 Å². The van der Waals surface area contributed by atoms with Crippen LogP contribution >= 0.6 is 0 Å². The first kappa shape index (κ1) is 13.7. The number of nitrogens with one attached hydrogen (secondary N) is 1. The average Bonchev–Trinajstić information content (AvgIpc) is 2.46. The first-order chi connectivity index (χ1) is 9.60. The zero-order valence-corrected chi connectivity index (χ0v) is 10.6. The van der Waals surface area contributed by atoms with Crippen molar-refractivity contribution in [3.63, 3.8) is 0 Å². The molecule has 0 spiro atoms. The molecule has 0 amide bonds. The van der Waals surface area contributed by atoms with Crippen molar-refractivity contribution >= 4 is 11.8 Å². The van der Waals surface area contributed by atoms with Gasteiger partial charge < -0.3 is 15.2 Å². The van der Waals surface area contributed by atoms with E-state index in [1.165, 1.54) is 7.11 Å². The highest BCUT2D eigenvalue weighted by atomic mass is 19.1. The molecule has 0 atom stereocenters. The molecule has 20 heavy (non-hydrogen) atoms. The summed E-state index contributed by atoms with van der Waals surface area (Å²) in [6, 6.07) is 4.38. The van der Waals surface area contributed by atoms with Crippen molar-refractivity contribution in [1.82, 2.24) is 9.97 Å². The summed E-state index contributed by atoms with van der Waals surface area (Å²) in [7, 11) is 1.50. The Bertz CT molecular complexity index is 634. The molecule has 0 unspecified atom stereocenters. The third-order valence-corrected chi connectivity index (χ3v) is 2.55. The molecule has 0 fully saturated rings. The molecular weight excluding hydrogens is 265 g/mol. The zero-order chi connectivity index (χ0) is 14.5. The van der Waals surface area contributed by atoms with Crippen molar-refractivity contribution in [2.24, 2.45) is 0 Å². The highest BCUT2D eigenvalue weighted by Crippen LogP contribution is 2.16. The molecule has 7 heteroatoms. The second-order valence-electron chi connectivity index (χ2n) is 3.91. The Labute approximate surface area is 114 Å².